The lowest BCUT2D eigenvalue weighted by Crippen LogP contribution is -2.25. The monoisotopic (exact) mass is 347 g/mol. The molecule has 1 aromatic rings. The van der Waals surface area contributed by atoms with Crippen molar-refractivity contribution in [2.24, 2.45) is 17.8 Å². The van der Waals surface area contributed by atoms with Gasteiger partial charge in [0.05, 0.1) is 0 Å². The molecule has 2 heteroatoms. The van der Waals surface area contributed by atoms with Gasteiger partial charge in [-0.3, -0.25) is 0 Å². The molecule has 0 N–H and O–H groups in total. The quantitative estimate of drug-likeness (QED) is 0.386. The summed E-state index contributed by atoms with van der Waals surface area (Å²) in [6, 6.07) is 4.13. The predicted octanol–water partition coefficient (Wildman–Crippen LogP) is 7.40. The van der Waals surface area contributed by atoms with Crippen LogP contribution in [-0.4, -0.2) is 4.98 Å². The minimum Gasteiger partial charge on any atom is -0.244 e. The van der Waals surface area contributed by atoms with E-state index in [0.29, 0.717) is 5.15 Å². The summed E-state index contributed by atoms with van der Waals surface area (Å²) < 4.78 is 0. The van der Waals surface area contributed by atoms with Crippen molar-refractivity contribution in [2.45, 2.75) is 89.9 Å². The molecular weight excluding hydrogens is 314 g/mol. The lowest BCUT2D eigenvalue weighted by atomic mass is 9.68. The van der Waals surface area contributed by atoms with E-state index in [1.165, 1.54) is 82.6 Å². The summed E-state index contributed by atoms with van der Waals surface area (Å²) in [5, 5.41) is 0.614. The Morgan fingerprint density at radius 3 is 2.17 bits per heavy atom. The van der Waals surface area contributed by atoms with Gasteiger partial charge in [-0.2, -0.15) is 0 Å². The smallest absolute Gasteiger partial charge is 0.129 e. The summed E-state index contributed by atoms with van der Waals surface area (Å²) in [4.78, 5) is 4.27. The zero-order chi connectivity index (χ0) is 16.8. The fraction of sp³-hybridized carbons (Fsp3) is 0.773. The minimum atomic E-state index is 0.614. The molecule has 2 aliphatic rings. The number of nitrogens with zero attached hydrogens (tertiary/aromatic N) is 1. The fourth-order valence-electron chi connectivity index (χ4n) is 5.18. The van der Waals surface area contributed by atoms with E-state index in [9.17, 15) is 0 Å². The topological polar surface area (TPSA) is 12.9 Å². The highest BCUT2D eigenvalue weighted by molar-refractivity contribution is 6.29. The van der Waals surface area contributed by atoms with Crippen molar-refractivity contribution in [2.75, 3.05) is 0 Å². The van der Waals surface area contributed by atoms with E-state index in [-0.39, 0.29) is 0 Å². The molecule has 2 saturated carbocycles. The molecule has 0 amide bonds. The third-order valence-corrected chi connectivity index (χ3v) is 6.99. The third-order valence-electron chi connectivity index (χ3n) is 6.77. The Balaban J connectivity index is 1.40. The fourth-order valence-corrected chi connectivity index (χ4v) is 5.30. The van der Waals surface area contributed by atoms with Gasteiger partial charge in [0, 0.05) is 6.20 Å². The number of pyridine rings is 1. The summed E-state index contributed by atoms with van der Waals surface area (Å²) in [7, 11) is 0. The molecule has 0 saturated heterocycles. The van der Waals surface area contributed by atoms with Gasteiger partial charge in [-0.1, -0.05) is 63.1 Å². The summed E-state index contributed by atoms with van der Waals surface area (Å²) in [5.41, 5.74) is 1.40. The van der Waals surface area contributed by atoms with Crippen molar-refractivity contribution in [1.82, 2.24) is 4.98 Å². The van der Waals surface area contributed by atoms with E-state index in [4.69, 9.17) is 11.6 Å². The summed E-state index contributed by atoms with van der Waals surface area (Å²) in [5.74, 6) is 3.79. The predicted molar refractivity (Wildman–Crippen MR) is 104 cm³/mol. The van der Waals surface area contributed by atoms with Gasteiger partial charge in [0.15, 0.2) is 0 Å². The highest BCUT2D eigenvalue weighted by atomic mass is 35.5. The van der Waals surface area contributed by atoms with Crippen LogP contribution in [0.15, 0.2) is 18.3 Å². The van der Waals surface area contributed by atoms with E-state index >= 15 is 0 Å². The second-order valence-electron chi connectivity index (χ2n) is 8.30. The summed E-state index contributed by atoms with van der Waals surface area (Å²) in [6.07, 6.45) is 19.4. The lowest BCUT2D eigenvalue weighted by molar-refractivity contribution is 0.155. The van der Waals surface area contributed by atoms with Crippen LogP contribution in [0.25, 0.3) is 0 Å². The van der Waals surface area contributed by atoms with Crippen molar-refractivity contribution in [3.63, 3.8) is 0 Å². The highest BCUT2D eigenvalue weighted by Crippen LogP contribution is 2.44. The molecule has 1 aromatic heterocycles. The molecule has 1 nitrogen and oxygen atoms in total. The molecule has 24 heavy (non-hydrogen) atoms. The van der Waals surface area contributed by atoms with Gasteiger partial charge in [-0.05, 0) is 73.8 Å². The number of hydrogen-bond acceptors (Lipinski definition) is 1. The van der Waals surface area contributed by atoms with Crippen LogP contribution in [0.4, 0.5) is 0 Å². The molecular formula is C22H34ClN. The molecule has 0 aromatic carbocycles. The van der Waals surface area contributed by atoms with E-state index in [1.54, 1.807) is 0 Å². The maximum atomic E-state index is 5.92. The molecule has 0 spiro atoms. The van der Waals surface area contributed by atoms with Crippen LogP contribution in [0, 0.1) is 17.8 Å². The van der Waals surface area contributed by atoms with Gasteiger partial charge in [0.2, 0.25) is 0 Å². The third kappa shape index (κ3) is 4.97. The second kappa shape index (κ2) is 9.22. The summed E-state index contributed by atoms with van der Waals surface area (Å²) >= 11 is 5.92. The van der Waals surface area contributed by atoms with Gasteiger partial charge in [-0.15, -0.1) is 0 Å². The van der Waals surface area contributed by atoms with Gasteiger partial charge < -0.3 is 0 Å². The maximum Gasteiger partial charge on any atom is 0.129 e. The van der Waals surface area contributed by atoms with Crippen LogP contribution in [0.3, 0.4) is 0 Å². The molecule has 1 heterocycles. The highest BCUT2D eigenvalue weighted by Gasteiger charge is 2.31. The van der Waals surface area contributed by atoms with E-state index < -0.39 is 0 Å². The Morgan fingerprint density at radius 1 is 0.917 bits per heavy atom. The lowest BCUT2D eigenvalue weighted by Gasteiger charge is -2.38. The first-order chi connectivity index (χ1) is 11.8. The van der Waals surface area contributed by atoms with Crippen molar-refractivity contribution >= 4 is 11.6 Å². The molecule has 2 aliphatic carbocycles. The van der Waals surface area contributed by atoms with Crippen LogP contribution in [0.5, 0.6) is 0 Å². The molecule has 0 unspecified atom stereocenters. The summed E-state index contributed by atoms with van der Waals surface area (Å²) in [6.45, 7) is 2.31. The zero-order valence-electron chi connectivity index (χ0n) is 15.4. The average molecular weight is 348 g/mol. The largest absolute Gasteiger partial charge is 0.244 e. The Kier molecular flexibility index (Phi) is 7.01. The van der Waals surface area contributed by atoms with E-state index in [1.807, 2.05) is 12.3 Å². The number of hydrogen-bond donors (Lipinski definition) is 0. The first-order valence-corrected chi connectivity index (χ1v) is 10.8. The van der Waals surface area contributed by atoms with Crippen LogP contribution in [0.2, 0.25) is 5.15 Å². The van der Waals surface area contributed by atoms with Gasteiger partial charge in [0.1, 0.15) is 5.15 Å². The minimum absolute atomic E-state index is 0.614. The number of halogens is 1. The zero-order valence-corrected chi connectivity index (χ0v) is 16.1. The van der Waals surface area contributed by atoms with Crippen molar-refractivity contribution in [1.29, 1.82) is 0 Å². The van der Waals surface area contributed by atoms with E-state index in [0.717, 1.165) is 23.7 Å². The molecule has 134 valence electrons. The molecule has 0 atom stereocenters. The van der Waals surface area contributed by atoms with Gasteiger partial charge in [-0.25, -0.2) is 4.98 Å². The average Bonchev–Trinajstić information content (AvgIpc) is 2.63. The number of unbranched alkanes of at least 4 members (excludes halogenated alkanes) is 2. The first-order valence-electron chi connectivity index (χ1n) is 10.4. The van der Waals surface area contributed by atoms with Gasteiger partial charge >= 0.3 is 0 Å². The van der Waals surface area contributed by atoms with Crippen molar-refractivity contribution < 1.29 is 0 Å². The van der Waals surface area contributed by atoms with E-state index in [2.05, 4.69) is 18.0 Å². The van der Waals surface area contributed by atoms with Gasteiger partial charge in [0.25, 0.3) is 0 Å². The SMILES string of the molecule is CCCCC[C@H]1CC[C@H](C2CCC(c3ccc(Cl)nc3)CC2)CC1. The molecule has 0 bridgehead atoms. The first kappa shape index (κ1) is 18.2. The van der Waals surface area contributed by atoms with Crippen LogP contribution < -0.4 is 0 Å². The van der Waals surface area contributed by atoms with Crippen LogP contribution in [-0.2, 0) is 0 Å². The van der Waals surface area contributed by atoms with Crippen molar-refractivity contribution in [3.8, 4) is 0 Å². The number of rotatable bonds is 6. The maximum absolute atomic E-state index is 5.92. The molecule has 0 radical (unpaired) electrons. The standard InChI is InChI=1S/C22H34ClN/c1-2-3-4-5-17-6-8-18(9-7-17)19-10-12-20(13-11-19)21-14-15-22(23)24-16-21/h14-20H,2-13H2,1H3/t17-,18-,19?,20?. The Bertz CT molecular complexity index is 467. The van der Waals surface area contributed by atoms with Crippen LogP contribution >= 0.6 is 11.6 Å². The Morgan fingerprint density at radius 2 is 1.58 bits per heavy atom. The molecule has 2 fully saturated rings. The second-order valence-corrected chi connectivity index (χ2v) is 8.69. The number of aromatic nitrogens is 1. The van der Waals surface area contributed by atoms with Crippen LogP contribution in [0.1, 0.15) is 95.5 Å². The van der Waals surface area contributed by atoms with Crippen molar-refractivity contribution in [3.05, 3.63) is 29.0 Å². The Hall–Kier alpha value is -0.560. The Labute approximate surface area is 153 Å². The normalized spacial score (nSPS) is 31.1. The molecule has 0 aliphatic heterocycles. The molecule has 3 rings (SSSR count).